The second-order valence-electron chi connectivity index (χ2n) is 8.91. The van der Waals surface area contributed by atoms with E-state index in [9.17, 15) is 0 Å². The molecule has 4 heteroatoms. The first kappa shape index (κ1) is 19.2. The van der Waals surface area contributed by atoms with Crippen LogP contribution in [0.25, 0.3) is 0 Å². The standard InChI is InChI=1S/C22H35N3O/c1-22(2,3)20-17(11-8-12-26-20)14-24-21(23-4)25-15-18-13-19(18)16-9-6-5-7-10-16/h5-7,9-10,17-20H,8,11-15H2,1-4H3,(H2,23,24,25). The summed E-state index contributed by atoms with van der Waals surface area (Å²) in [6.45, 7) is 9.64. The lowest BCUT2D eigenvalue weighted by atomic mass is 9.78. The largest absolute Gasteiger partial charge is 0.377 e. The van der Waals surface area contributed by atoms with Crippen LogP contribution in [0.4, 0.5) is 0 Å². The number of guanidine groups is 1. The fourth-order valence-corrected chi connectivity index (χ4v) is 4.27. The van der Waals surface area contributed by atoms with Crippen molar-refractivity contribution in [1.82, 2.24) is 10.6 Å². The van der Waals surface area contributed by atoms with Crippen molar-refractivity contribution in [2.45, 2.75) is 52.1 Å². The van der Waals surface area contributed by atoms with E-state index in [0.717, 1.165) is 38.0 Å². The van der Waals surface area contributed by atoms with Crippen LogP contribution in [-0.4, -0.2) is 38.8 Å². The van der Waals surface area contributed by atoms with Crippen LogP contribution in [0.3, 0.4) is 0 Å². The van der Waals surface area contributed by atoms with Crippen molar-refractivity contribution in [3.63, 3.8) is 0 Å². The van der Waals surface area contributed by atoms with Crippen LogP contribution in [0.5, 0.6) is 0 Å². The quantitative estimate of drug-likeness (QED) is 0.622. The molecule has 2 fully saturated rings. The van der Waals surface area contributed by atoms with Crippen LogP contribution in [0.2, 0.25) is 0 Å². The van der Waals surface area contributed by atoms with E-state index in [-0.39, 0.29) is 5.41 Å². The van der Waals surface area contributed by atoms with Gasteiger partial charge in [0.2, 0.25) is 0 Å². The predicted molar refractivity (Wildman–Crippen MR) is 109 cm³/mol. The highest BCUT2D eigenvalue weighted by Gasteiger charge is 2.38. The molecule has 144 valence electrons. The molecule has 1 aromatic carbocycles. The first-order valence-electron chi connectivity index (χ1n) is 10.1. The number of hydrogen-bond acceptors (Lipinski definition) is 2. The van der Waals surface area contributed by atoms with Crippen molar-refractivity contribution in [2.75, 3.05) is 26.7 Å². The number of ether oxygens (including phenoxy) is 1. The van der Waals surface area contributed by atoms with Crippen molar-refractivity contribution < 1.29 is 4.74 Å². The molecule has 2 N–H and O–H groups in total. The summed E-state index contributed by atoms with van der Waals surface area (Å²) in [6.07, 6.45) is 3.97. The van der Waals surface area contributed by atoms with Gasteiger partial charge in [-0.2, -0.15) is 0 Å². The van der Waals surface area contributed by atoms with Crippen molar-refractivity contribution in [3.8, 4) is 0 Å². The van der Waals surface area contributed by atoms with E-state index in [2.05, 4.69) is 66.7 Å². The SMILES string of the molecule is CN=C(NCC1CC1c1ccccc1)NCC1CCCOC1C(C)(C)C. The monoisotopic (exact) mass is 357 g/mol. The normalized spacial score (nSPS) is 29.3. The highest BCUT2D eigenvalue weighted by atomic mass is 16.5. The average Bonchev–Trinajstić information content (AvgIpc) is 3.42. The molecule has 1 saturated heterocycles. The predicted octanol–water partition coefficient (Wildman–Crippen LogP) is 3.80. The van der Waals surface area contributed by atoms with Crippen LogP contribution >= 0.6 is 0 Å². The van der Waals surface area contributed by atoms with Crippen LogP contribution < -0.4 is 10.6 Å². The summed E-state index contributed by atoms with van der Waals surface area (Å²) in [6, 6.07) is 10.8. The Bertz CT molecular complexity index is 593. The average molecular weight is 358 g/mol. The first-order chi connectivity index (χ1) is 12.5. The van der Waals surface area contributed by atoms with Gasteiger partial charge in [-0.05, 0) is 42.1 Å². The van der Waals surface area contributed by atoms with Crippen molar-refractivity contribution in [3.05, 3.63) is 35.9 Å². The smallest absolute Gasteiger partial charge is 0.190 e. The Kier molecular flexibility index (Phi) is 6.23. The highest BCUT2D eigenvalue weighted by molar-refractivity contribution is 5.79. The van der Waals surface area contributed by atoms with E-state index >= 15 is 0 Å². The van der Waals surface area contributed by atoms with Crippen molar-refractivity contribution in [1.29, 1.82) is 0 Å². The molecular formula is C22H35N3O. The molecular weight excluding hydrogens is 322 g/mol. The zero-order chi connectivity index (χ0) is 18.6. The first-order valence-corrected chi connectivity index (χ1v) is 10.1. The summed E-state index contributed by atoms with van der Waals surface area (Å²) in [4.78, 5) is 4.41. The molecule has 1 heterocycles. The zero-order valence-corrected chi connectivity index (χ0v) is 16.8. The minimum atomic E-state index is 0.181. The van der Waals surface area contributed by atoms with Gasteiger partial charge in [0, 0.05) is 32.7 Å². The van der Waals surface area contributed by atoms with Gasteiger partial charge >= 0.3 is 0 Å². The highest BCUT2D eigenvalue weighted by Crippen LogP contribution is 2.46. The number of aliphatic imine (C=N–C) groups is 1. The molecule has 1 saturated carbocycles. The summed E-state index contributed by atoms with van der Waals surface area (Å²) in [7, 11) is 1.86. The Labute approximate surface area is 158 Å². The van der Waals surface area contributed by atoms with E-state index in [1.165, 1.54) is 18.4 Å². The number of hydrogen-bond donors (Lipinski definition) is 2. The number of rotatable bonds is 5. The molecule has 0 aromatic heterocycles. The van der Waals surface area contributed by atoms with E-state index in [1.807, 2.05) is 7.05 Å². The van der Waals surface area contributed by atoms with Crippen molar-refractivity contribution >= 4 is 5.96 Å². The minimum absolute atomic E-state index is 0.181. The number of nitrogens with zero attached hydrogens (tertiary/aromatic N) is 1. The molecule has 26 heavy (non-hydrogen) atoms. The third-order valence-electron chi connectivity index (χ3n) is 5.74. The summed E-state index contributed by atoms with van der Waals surface area (Å²) in [5, 5.41) is 7.06. The van der Waals surface area contributed by atoms with Gasteiger partial charge in [0.1, 0.15) is 0 Å². The third-order valence-corrected chi connectivity index (χ3v) is 5.74. The van der Waals surface area contributed by atoms with Crippen molar-refractivity contribution in [2.24, 2.45) is 22.2 Å². The summed E-state index contributed by atoms with van der Waals surface area (Å²) in [5.41, 5.74) is 1.65. The van der Waals surface area contributed by atoms with E-state index in [4.69, 9.17) is 4.74 Å². The van der Waals surface area contributed by atoms with E-state index in [0.29, 0.717) is 17.9 Å². The molecule has 4 unspecified atom stereocenters. The second-order valence-corrected chi connectivity index (χ2v) is 8.91. The van der Waals surface area contributed by atoms with Gasteiger partial charge in [0.15, 0.2) is 5.96 Å². The van der Waals surface area contributed by atoms with Gasteiger partial charge < -0.3 is 15.4 Å². The molecule has 0 spiro atoms. The van der Waals surface area contributed by atoms with Crippen LogP contribution in [0.1, 0.15) is 51.5 Å². The summed E-state index contributed by atoms with van der Waals surface area (Å²) in [5.74, 6) is 2.89. The van der Waals surface area contributed by atoms with Gasteiger partial charge in [0.25, 0.3) is 0 Å². The lowest BCUT2D eigenvalue weighted by molar-refractivity contribution is -0.0835. The topological polar surface area (TPSA) is 45.7 Å². The molecule has 0 radical (unpaired) electrons. The Balaban J connectivity index is 1.44. The molecule has 4 atom stereocenters. The lowest BCUT2D eigenvalue weighted by Crippen LogP contribution is -2.47. The maximum Gasteiger partial charge on any atom is 0.190 e. The number of nitrogens with one attached hydrogen (secondary N) is 2. The van der Waals surface area contributed by atoms with E-state index in [1.54, 1.807) is 0 Å². The fourth-order valence-electron chi connectivity index (χ4n) is 4.27. The third kappa shape index (κ3) is 5.00. The Morgan fingerprint density at radius 3 is 2.46 bits per heavy atom. The minimum Gasteiger partial charge on any atom is -0.377 e. The molecule has 3 rings (SSSR count). The zero-order valence-electron chi connectivity index (χ0n) is 16.8. The lowest BCUT2D eigenvalue weighted by Gasteiger charge is -2.40. The Morgan fingerprint density at radius 1 is 1.12 bits per heavy atom. The molecule has 2 aliphatic rings. The maximum atomic E-state index is 6.09. The van der Waals surface area contributed by atoms with E-state index < -0.39 is 0 Å². The Morgan fingerprint density at radius 2 is 1.81 bits per heavy atom. The molecule has 4 nitrogen and oxygen atoms in total. The summed E-state index contributed by atoms with van der Waals surface area (Å²) >= 11 is 0. The van der Waals surface area contributed by atoms with Crippen LogP contribution in [-0.2, 0) is 4.74 Å². The van der Waals surface area contributed by atoms with Crippen LogP contribution in [0, 0.1) is 17.3 Å². The van der Waals surface area contributed by atoms with Gasteiger partial charge in [-0.1, -0.05) is 51.1 Å². The summed E-state index contributed by atoms with van der Waals surface area (Å²) < 4.78 is 6.09. The molecule has 0 amide bonds. The number of benzene rings is 1. The fraction of sp³-hybridized carbons (Fsp3) is 0.682. The molecule has 1 aliphatic heterocycles. The van der Waals surface area contributed by atoms with Crippen LogP contribution in [0.15, 0.2) is 35.3 Å². The molecule has 1 aromatic rings. The van der Waals surface area contributed by atoms with Gasteiger partial charge in [-0.15, -0.1) is 0 Å². The maximum absolute atomic E-state index is 6.09. The van der Waals surface area contributed by atoms with Gasteiger partial charge in [-0.25, -0.2) is 0 Å². The van der Waals surface area contributed by atoms with Gasteiger partial charge in [0.05, 0.1) is 6.10 Å². The Hall–Kier alpha value is -1.55. The molecule has 1 aliphatic carbocycles. The molecule has 0 bridgehead atoms. The second kappa shape index (κ2) is 8.43. The van der Waals surface area contributed by atoms with Gasteiger partial charge in [-0.3, -0.25) is 4.99 Å².